The molecule has 19 heavy (non-hydrogen) atoms. The molecule has 0 atom stereocenters. The first-order valence-electron chi connectivity index (χ1n) is 6.24. The number of fused-ring (bicyclic) bond motifs is 2. The Labute approximate surface area is 110 Å². The van der Waals surface area contributed by atoms with Crippen LogP contribution in [0.2, 0.25) is 0 Å². The molecule has 0 amide bonds. The summed E-state index contributed by atoms with van der Waals surface area (Å²) in [5.74, 6) is 6.03. The molecule has 0 fully saturated rings. The van der Waals surface area contributed by atoms with Gasteiger partial charge in [-0.05, 0) is 24.3 Å². The minimum Gasteiger partial charge on any atom is -0.456 e. The summed E-state index contributed by atoms with van der Waals surface area (Å²) in [6.45, 7) is 1.98. The van der Waals surface area contributed by atoms with E-state index in [-0.39, 0.29) is 5.43 Å². The highest BCUT2D eigenvalue weighted by molar-refractivity contribution is 5.92. The van der Waals surface area contributed by atoms with Gasteiger partial charge >= 0.3 is 0 Å². The van der Waals surface area contributed by atoms with Crippen molar-refractivity contribution in [3.8, 4) is 11.8 Å². The van der Waals surface area contributed by atoms with Crippen LogP contribution in [-0.4, -0.2) is 0 Å². The summed E-state index contributed by atoms with van der Waals surface area (Å²) < 4.78 is 5.78. The van der Waals surface area contributed by atoms with E-state index in [1.165, 1.54) is 0 Å². The molecule has 2 heteroatoms. The Kier molecular flexibility index (Phi) is 2.81. The Morgan fingerprint density at radius 2 is 1.84 bits per heavy atom. The van der Waals surface area contributed by atoms with E-state index in [1.807, 2.05) is 31.2 Å². The summed E-state index contributed by atoms with van der Waals surface area (Å²) in [5, 5.41) is 1.17. The van der Waals surface area contributed by atoms with Crippen LogP contribution >= 0.6 is 0 Å². The van der Waals surface area contributed by atoms with Crippen LogP contribution in [0.3, 0.4) is 0 Å². The van der Waals surface area contributed by atoms with Crippen molar-refractivity contribution < 1.29 is 4.42 Å². The Bertz CT molecular complexity index is 876. The Morgan fingerprint density at radius 1 is 1.05 bits per heavy atom. The number of hydrogen-bond acceptors (Lipinski definition) is 2. The van der Waals surface area contributed by atoms with E-state index in [0.29, 0.717) is 21.9 Å². The highest BCUT2D eigenvalue weighted by Crippen LogP contribution is 2.20. The third-order valence-corrected chi connectivity index (χ3v) is 3.00. The minimum absolute atomic E-state index is 0.0159. The number of benzene rings is 2. The van der Waals surface area contributed by atoms with Gasteiger partial charge in [-0.15, -0.1) is 0 Å². The zero-order valence-electron chi connectivity index (χ0n) is 10.6. The standard InChI is InChI=1S/C17H12O2/c1-2-3-7-12-8-6-11-15-16(12)17(18)13-9-4-5-10-14(13)19-15/h4-6,8-11H,2H2,1H3. The molecule has 0 spiro atoms. The predicted octanol–water partition coefficient (Wildman–Crippen LogP) is 3.71. The largest absolute Gasteiger partial charge is 0.456 e. The molecule has 0 saturated heterocycles. The second kappa shape index (κ2) is 4.62. The topological polar surface area (TPSA) is 30.2 Å². The molecule has 92 valence electrons. The van der Waals surface area contributed by atoms with Gasteiger partial charge in [0.1, 0.15) is 11.2 Å². The molecule has 0 aliphatic rings. The SMILES string of the molecule is CCC#Cc1cccc2oc3ccccc3c(=O)c12. The van der Waals surface area contributed by atoms with Gasteiger partial charge in [-0.1, -0.05) is 37.0 Å². The van der Waals surface area contributed by atoms with Crippen molar-refractivity contribution in [2.24, 2.45) is 0 Å². The second-order valence-corrected chi connectivity index (χ2v) is 4.26. The van der Waals surface area contributed by atoms with Gasteiger partial charge in [0, 0.05) is 12.0 Å². The average Bonchev–Trinajstić information content (AvgIpc) is 2.45. The summed E-state index contributed by atoms with van der Waals surface area (Å²) in [6.07, 6.45) is 0.759. The van der Waals surface area contributed by atoms with Gasteiger partial charge in [0.05, 0.1) is 10.8 Å². The summed E-state index contributed by atoms with van der Waals surface area (Å²) in [4.78, 5) is 12.5. The maximum absolute atomic E-state index is 12.5. The highest BCUT2D eigenvalue weighted by Gasteiger charge is 2.09. The van der Waals surface area contributed by atoms with Crippen molar-refractivity contribution in [1.29, 1.82) is 0 Å². The molecular weight excluding hydrogens is 236 g/mol. The second-order valence-electron chi connectivity index (χ2n) is 4.26. The lowest BCUT2D eigenvalue weighted by molar-refractivity contribution is 0.660. The molecule has 3 aromatic rings. The highest BCUT2D eigenvalue weighted by atomic mass is 16.3. The van der Waals surface area contributed by atoms with Crippen LogP contribution in [0.15, 0.2) is 51.7 Å². The zero-order valence-corrected chi connectivity index (χ0v) is 10.6. The number of hydrogen-bond donors (Lipinski definition) is 0. The normalized spacial score (nSPS) is 10.4. The third kappa shape index (κ3) is 1.90. The van der Waals surface area contributed by atoms with Crippen molar-refractivity contribution in [2.45, 2.75) is 13.3 Å². The van der Waals surface area contributed by atoms with Crippen LogP contribution in [0.4, 0.5) is 0 Å². The summed E-state index contributed by atoms with van der Waals surface area (Å²) in [6, 6.07) is 12.8. The summed E-state index contributed by atoms with van der Waals surface area (Å²) in [5.41, 5.74) is 1.92. The first-order valence-corrected chi connectivity index (χ1v) is 6.24. The predicted molar refractivity (Wildman–Crippen MR) is 77.2 cm³/mol. The summed E-state index contributed by atoms with van der Waals surface area (Å²) >= 11 is 0. The van der Waals surface area contributed by atoms with Crippen LogP contribution in [0.25, 0.3) is 21.9 Å². The lowest BCUT2D eigenvalue weighted by atomic mass is 10.1. The first-order chi connectivity index (χ1) is 9.31. The van der Waals surface area contributed by atoms with Gasteiger partial charge in [-0.3, -0.25) is 4.79 Å². The van der Waals surface area contributed by atoms with E-state index in [4.69, 9.17) is 4.42 Å². The molecule has 3 rings (SSSR count). The molecular formula is C17H12O2. The molecule has 1 heterocycles. The van der Waals surface area contributed by atoms with Crippen LogP contribution in [-0.2, 0) is 0 Å². The van der Waals surface area contributed by atoms with Crippen molar-refractivity contribution in [1.82, 2.24) is 0 Å². The average molecular weight is 248 g/mol. The quantitative estimate of drug-likeness (QED) is 0.448. The van der Waals surface area contributed by atoms with Gasteiger partial charge < -0.3 is 4.42 Å². The molecule has 2 nitrogen and oxygen atoms in total. The summed E-state index contributed by atoms with van der Waals surface area (Å²) in [7, 11) is 0. The number of rotatable bonds is 0. The van der Waals surface area contributed by atoms with E-state index in [0.717, 1.165) is 12.0 Å². The Balaban J connectivity index is 2.49. The first kappa shape index (κ1) is 11.6. The molecule has 0 aliphatic carbocycles. The molecule has 0 bridgehead atoms. The molecule has 1 aromatic heterocycles. The van der Waals surface area contributed by atoms with E-state index in [1.54, 1.807) is 18.2 Å². The Hall–Kier alpha value is -2.53. The van der Waals surface area contributed by atoms with Crippen LogP contribution < -0.4 is 5.43 Å². The molecule has 0 radical (unpaired) electrons. The molecule has 2 aromatic carbocycles. The van der Waals surface area contributed by atoms with E-state index in [2.05, 4.69) is 11.8 Å². The number of para-hydroxylation sites is 1. The van der Waals surface area contributed by atoms with Crippen LogP contribution in [0.1, 0.15) is 18.9 Å². The van der Waals surface area contributed by atoms with E-state index < -0.39 is 0 Å². The zero-order chi connectivity index (χ0) is 13.2. The van der Waals surface area contributed by atoms with Crippen molar-refractivity contribution in [3.63, 3.8) is 0 Å². The van der Waals surface area contributed by atoms with Crippen molar-refractivity contribution in [3.05, 3.63) is 58.3 Å². The fraction of sp³-hybridized carbons (Fsp3) is 0.118. The van der Waals surface area contributed by atoms with E-state index >= 15 is 0 Å². The maximum atomic E-state index is 12.5. The Morgan fingerprint density at radius 3 is 2.68 bits per heavy atom. The maximum Gasteiger partial charge on any atom is 0.201 e. The molecule has 0 saturated carbocycles. The smallest absolute Gasteiger partial charge is 0.201 e. The fourth-order valence-corrected chi connectivity index (χ4v) is 2.13. The van der Waals surface area contributed by atoms with E-state index in [9.17, 15) is 4.79 Å². The van der Waals surface area contributed by atoms with Crippen LogP contribution in [0.5, 0.6) is 0 Å². The van der Waals surface area contributed by atoms with Gasteiger partial charge in [0.15, 0.2) is 0 Å². The fourth-order valence-electron chi connectivity index (χ4n) is 2.13. The van der Waals surface area contributed by atoms with Gasteiger partial charge in [0.2, 0.25) is 5.43 Å². The van der Waals surface area contributed by atoms with Gasteiger partial charge in [-0.25, -0.2) is 0 Å². The molecule has 0 aliphatic heterocycles. The van der Waals surface area contributed by atoms with Crippen molar-refractivity contribution in [2.75, 3.05) is 0 Å². The molecule has 0 N–H and O–H groups in total. The third-order valence-electron chi connectivity index (χ3n) is 3.00. The van der Waals surface area contributed by atoms with Crippen LogP contribution in [0, 0.1) is 11.8 Å². The van der Waals surface area contributed by atoms with Crippen molar-refractivity contribution >= 4 is 21.9 Å². The molecule has 0 unspecified atom stereocenters. The lowest BCUT2D eigenvalue weighted by Crippen LogP contribution is -2.03. The monoisotopic (exact) mass is 248 g/mol. The lowest BCUT2D eigenvalue weighted by Gasteiger charge is -2.02. The van der Waals surface area contributed by atoms with Gasteiger partial charge in [-0.2, -0.15) is 0 Å². The minimum atomic E-state index is -0.0159. The van der Waals surface area contributed by atoms with Gasteiger partial charge in [0.25, 0.3) is 0 Å².